The average Bonchev–Trinajstić information content (AvgIpc) is 3.31. The molecule has 1 aliphatic heterocycles. The molecule has 1 aliphatic rings. The third-order valence-electron chi connectivity index (χ3n) is 4.87. The van der Waals surface area contributed by atoms with Crippen molar-refractivity contribution in [1.82, 2.24) is 14.5 Å². The van der Waals surface area contributed by atoms with E-state index in [-0.39, 0.29) is 11.8 Å². The highest BCUT2D eigenvalue weighted by atomic mass is 16.5. The first-order chi connectivity index (χ1) is 12.8. The number of imidazole rings is 1. The first kappa shape index (κ1) is 16.6. The molecule has 0 aliphatic carbocycles. The number of methoxy groups -OCH3 is 1. The molecule has 0 bridgehead atoms. The molecule has 0 radical (unpaired) electrons. The second-order valence-electron chi connectivity index (χ2n) is 6.47. The standard InChI is InChI=1S/C20H21N3O3/c1-25-19-3-2-15(11-18(19)24)20-22-8-9-23(20)17-13-26-12-16(17)10-14-4-6-21-7-5-14/h2-9,11,16-17,24H,10,12-13H2,1H3/t16-,17-/m1/s1. The summed E-state index contributed by atoms with van der Waals surface area (Å²) in [5.41, 5.74) is 2.10. The number of pyridine rings is 1. The van der Waals surface area contributed by atoms with Gasteiger partial charge in [-0.1, -0.05) is 0 Å². The zero-order chi connectivity index (χ0) is 17.9. The SMILES string of the molecule is COc1ccc(-c2nccn2[C@@H]2COC[C@H]2Cc2ccncc2)cc1O. The van der Waals surface area contributed by atoms with Crippen molar-refractivity contribution in [2.24, 2.45) is 5.92 Å². The summed E-state index contributed by atoms with van der Waals surface area (Å²) in [7, 11) is 1.54. The van der Waals surface area contributed by atoms with Gasteiger partial charge in [0.05, 0.1) is 26.4 Å². The first-order valence-electron chi connectivity index (χ1n) is 8.63. The molecule has 0 saturated carbocycles. The number of aromatic hydroxyl groups is 1. The minimum absolute atomic E-state index is 0.107. The molecule has 3 aromatic rings. The van der Waals surface area contributed by atoms with Crippen LogP contribution >= 0.6 is 0 Å². The lowest BCUT2D eigenvalue weighted by atomic mass is 9.95. The zero-order valence-corrected chi connectivity index (χ0v) is 14.6. The largest absolute Gasteiger partial charge is 0.504 e. The van der Waals surface area contributed by atoms with E-state index in [1.54, 1.807) is 18.3 Å². The summed E-state index contributed by atoms with van der Waals surface area (Å²) < 4.78 is 13.1. The van der Waals surface area contributed by atoms with Gasteiger partial charge in [-0.05, 0) is 42.3 Å². The number of ether oxygens (including phenoxy) is 2. The second-order valence-corrected chi connectivity index (χ2v) is 6.47. The number of aromatic nitrogens is 3. The molecule has 1 fully saturated rings. The number of benzene rings is 1. The summed E-state index contributed by atoms with van der Waals surface area (Å²) in [4.78, 5) is 8.60. The summed E-state index contributed by atoms with van der Waals surface area (Å²) in [6.45, 7) is 1.37. The summed E-state index contributed by atoms with van der Waals surface area (Å²) >= 11 is 0. The molecule has 2 aromatic heterocycles. The maximum absolute atomic E-state index is 10.1. The predicted octanol–water partition coefficient (Wildman–Crippen LogP) is 3.09. The molecule has 3 heterocycles. The molecule has 6 heteroatoms. The van der Waals surface area contributed by atoms with Gasteiger partial charge in [-0.15, -0.1) is 0 Å². The maximum atomic E-state index is 10.1. The third-order valence-corrected chi connectivity index (χ3v) is 4.87. The van der Waals surface area contributed by atoms with E-state index in [0.29, 0.717) is 18.3 Å². The van der Waals surface area contributed by atoms with Crippen LogP contribution in [0.5, 0.6) is 11.5 Å². The number of hydrogen-bond donors (Lipinski definition) is 1. The second kappa shape index (κ2) is 7.17. The molecule has 6 nitrogen and oxygen atoms in total. The molecule has 0 spiro atoms. The minimum Gasteiger partial charge on any atom is -0.504 e. The Hall–Kier alpha value is -2.86. The Morgan fingerprint density at radius 2 is 2.04 bits per heavy atom. The van der Waals surface area contributed by atoms with Crippen LogP contribution < -0.4 is 4.74 Å². The number of rotatable bonds is 5. The fraction of sp³-hybridized carbons (Fsp3) is 0.300. The van der Waals surface area contributed by atoms with E-state index >= 15 is 0 Å². The molecule has 1 N–H and O–H groups in total. The van der Waals surface area contributed by atoms with Crippen molar-refractivity contribution in [3.63, 3.8) is 0 Å². The van der Waals surface area contributed by atoms with Crippen LogP contribution in [-0.2, 0) is 11.2 Å². The number of phenols is 1. The monoisotopic (exact) mass is 351 g/mol. The van der Waals surface area contributed by atoms with Crippen molar-refractivity contribution >= 4 is 0 Å². The molecule has 134 valence electrons. The van der Waals surface area contributed by atoms with Gasteiger partial charge in [-0.2, -0.15) is 0 Å². The van der Waals surface area contributed by atoms with Crippen LogP contribution in [0.2, 0.25) is 0 Å². The van der Waals surface area contributed by atoms with Crippen LogP contribution in [-0.4, -0.2) is 40.0 Å². The molecule has 1 saturated heterocycles. The smallest absolute Gasteiger partial charge is 0.160 e. The van der Waals surface area contributed by atoms with Crippen LogP contribution in [0.4, 0.5) is 0 Å². The van der Waals surface area contributed by atoms with Gasteiger partial charge in [0, 0.05) is 36.3 Å². The van der Waals surface area contributed by atoms with Gasteiger partial charge in [0.15, 0.2) is 11.5 Å². The predicted molar refractivity (Wildman–Crippen MR) is 97.2 cm³/mol. The Morgan fingerprint density at radius 1 is 1.19 bits per heavy atom. The van der Waals surface area contributed by atoms with Gasteiger partial charge in [0.25, 0.3) is 0 Å². The van der Waals surface area contributed by atoms with Gasteiger partial charge in [-0.25, -0.2) is 4.98 Å². The van der Waals surface area contributed by atoms with Gasteiger partial charge in [0.2, 0.25) is 0 Å². The van der Waals surface area contributed by atoms with Gasteiger partial charge in [-0.3, -0.25) is 4.98 Å². The molecule has 4 rings (SSSR count). The van der Waals surface area contributed by atoms with E-state index in [0.717, 1.165) is 24.4 Å². The highest BCUT2D eigenvalue weighted by molar-refractivity contribution is 5.61. The fourth-order valence-electron chi connectivity index (χ4n) is 3.54. The highest BCUT2D eigenvalue weighted by Crippen LogP contribution is 2.35. The molecular weight excluding hydrogens is 330 g/mol. The summed E-state index contributed by atoms with van der Waals surface area (Å²) in [6.07, 6.45) is 8.35. The van der Waals surface area contributed by atoms with Crippen LogP contribution in [0.1, 0.15) is 11.6 Å². The molecule has 0 amide bonds. The Kier molecular flexibility index (Phi) is 4.58. The van der Waals surface area contributed by atoms with E-state index in [9.17, 15) is 5.11 Å². The van der Waals surface area contributed by atoms with Crippen molar-refractivity contribution < 1.29 is 14.6 Å². The summed E-state index contributed by atoms with van der Waals surface area (Å²) in [5, 5.41) is 10.1. The van der Waals surface area contributed by atoms with Crippen molar-refractivity contribution in [2.45, 2.75) is 12.5 Å². The van der Waals surface area contributed by atoms with Crippen LogP contribution in [0.3, 0.4) is 0 Å². The van der Waals surface area contributed by atoms with Crippen LogP contribution in [0.25, 0.3) is 11.4 Å². The summed E-state index contributed by atoms with van der Waals surface area (Å²) in [6, 6.07) is 9.64. The quantitative estimate of drug-likeness (QED) is 0.765. The topological polar surface area (TPSA) is 69.4 Å². The zero-order valence-electron chi connectivity index (χ0n) is 14.6. The average molecular weight is 351 g/mol. The van der Waals surface area contributed by atoms with Crippen molar-refractivity contribution in [2.75, 3.05) is 20.3 Å². The fourth-order valence-corrected chi connectivity index (χ4v) is 3.54. The Labute approximate surface area is 152 Å². The van der Waals surface area contributed by atoms with Crippen molar-refractivity contribution in [1.29, 1.82) is 0 Å². The Bertz CT molecular complexity index is 879. The molecule has 1 aromatic carbocycles. The third kappa shape index (κ3) is 3.15. The number of hydrogen-bond acceptors (Lipinski definition) is 5. The molecular formula is C20H21N3O3. The van der Waals surface area contributed by atoms with E-state index in [2.05, 4.69) is 14.5 Å². The number of phenolic OH excluding ortho intramolecular Hbond substituents is 1. The lowest BCUT2D eigenvalue weighted by molar-refractivity contribution is 0.181. The van der Waals surface area contributed by atoms with E-state index < -0.39 is 0 Å². The lowest BCUT2D eigenvalue weighted by Gasteiger charge is -2.21. The molecule has 26 heavy (non-hydrogen) atoms. The van der Waals surface area contributed by atoms with Crippen LogP contribution in [0.15, 0.2) is 55.1 Å². The van der Waals surface area contributed by atoms with E-state index in [4.69, 9.17) is 9.47 Å². The minimum atomic E-state index is 0.107. The maximum Gasteiger partial charge on any atom is 0.160 e. The normalized spacial score (nSPS) is 19.6. The van der Waals surface area contributed by atoms with Gasteiger partial charge < -0.3 is 19.1 Å². The van der Waals surface area contributed by atoms with Gasteiger partial charge >= 0.3 is 0 Å². The lowest BCUT2D eigenvalue weighted by Crippen LogP contribution is -2.20. The van der Waals surface area contributed by atoms with Gasteiger partial charge in [0.1, 0.15) is 5.82 Å². The Morgan fingerprint density at radius 3 is 2.81 bits per heavy atom. The van der Waals surface area contributed by atoms with E-state index in [1.165, 1.54) is 12.7 Å². The molecule has 2 atom stereocenters. The van der Waals surface area contributed by atoms with Crippen LogP contribution in [0, 0.1) is 5.92 Å². The van der Waals surface area contributed by atoms with Crippen molar-refractivity contribution in [3.05, 3.63) is 60.7 Å². The van der Waals surface area contributed by atoms with E-state index in [1.807, 2.05) is 36.8 Å². The molecule has 0 unspecified atom stereocenters. The summed E-state index contributed by atoms with van der Waals surface area (Å²) in [5.74, 6) is 1.73. The highest BCUT2D eigenvalue weighted by Gasteiger charge is 2.31. The first-order valence-corrected chi connectivity index (χ1v) is 8.63. The number of nitrogens with zero attached hydrogens (tertiary/aromatic N) is 3. The van der Waals surface area contributed by atoms with Crippen molar-refractivity contribution in [3.8, 4) is 22.9 Å². The Balaban J connectivity index is 1.62.